The van der Waals surface area contributed by atoms with Gasteiger partial charge in [-0.3, -0.25) is 4.79 Å². The number of ether oxygens (including phenoxy) is 2. The molecule has 0 aliphatic heterocycles. The average Bonchev–Trinajstić information content (AvgIpc) is 3.03. The lowest BCUT2D eigenvalue weighted by Gasteiger charge is -2.07. The average molecular weight is 396 g/mol. The predicted molar refractivity (Wildman–Crippen MR) is 100 cm³/mol. The quantitative estimate of drug-likeness (QED) is 0.718. The molecule has 0 spiro atoms. The monoisotopic (exact) mass is 395 g/mol. The first-order valence-electron chi connectivity index (χ1n) is 7.97. The zero-order valence-corrected chi connectivity index (χ0v) is 15.9. The maximum absolute atomic E-state index is 12.1. The molecule has 8 heteroatoms. The number of carbonyl (C=O) groups excluding carboxylic acids is 3. The number of halogens is 1. The molecule has 0 unspecified atom stereocenters. The van der Waals surface area contributed by atoms with Gasteiger partial charge < -0.3 is 14.8 Å². The number of hydrogen-bond donors (Lipinski definition) is 1. The van der Waals surface area contributed by atoms with Gasteiger partial charge in [-0.25, -0.2) is 9.59 Å². The van der Waals surface area contributed by atoms with E-state index < -0.39 is 24.5 Å². The molecular formula is C18H18ClNO5S. The number of hydrogen-bond acceptors (Lipinski definition) is 6. The van der Waals surface area contributed by atoms with Gasteiger partial charge in [-0.15, -0.1) is 11.3 Å². The van der Waals surface area contributed by atoms with Crippen molar-refractivity contribution in [3.8, 4) is 0 Å². The minimum atomic E-state index is -0.659. The summed E-state index contributed by atoms with van der Waals surface area (Å²) in [5.74, 6) is -1.71. The number of amides is 1. The van der Waals surface area contributed by atoms with Crippen LogP contribution in [0.1, 0.15) is 39.4 Å². The van der Waals surface area contributed by atoms with E-state index in [0.29, 0.717) is 15.6 Å². The molecule has 0 saturated carbocycles. The first-order valence-corrected chi connectivity index (χ1v) is 9.16. The molecule has 1 N–H and O–H groups in total. The number of nitrogens with one attached hydrogen (secondary N) is 1. The second-order valence-electron chi connectivity index (χ2n) is 5.16. The summed E-state index contributed by atoms with van der Waals surface area (Å²) in [6.07, 6.45) is 0.719. The van der Waals surface area contributed by atoms with Gasteiger partial charge in [0.1, 0.15) is 5.00 Å². The Balaban J connectivity index is 2.00. The van der Waals surface area contributed by atoms with Crippen LogP contribution in [0.25, 0.3) is 0 Å². The summed E-state index contributed by atoms with van der Waals surface area (Å²) >= 11 is 7.10. The zero-order chi connectivity index (χ0) is 19.1. The fourth-order valence-corrected chi connectivity index (χ4v) is 3.25. The normalized spacial score (nSPS) is 10.3. The van der Waals surface area contributed by atoms with Crippen LogP contribution in [0.4, 0.5) is 5.00 Å². The largest absolute Gasteiger partial charge is 0.462 e. The summed E-state index contributed by atoms with van der Waals surface area (Å²) in [5.41, 5.74) is 0.546. The lowest BCUT2D eigenvalue weighted by molar-refractivity contribution is -0.119. The third-order valence-corrected chi connectivity index (χ3v) is 4.70. The molecule has 0 aliphatic rings. The van der Waals surface area contributed by atoms with Crippen LogP contribution >= 0.6 is 22.9 Å². The number of esters is 2. The van der Waals surface area contributed by atoms with Crippen LogP contribution in [0.5, 0.6) is 0 Å². The van der Waals surface area contributed by atoms with Crippen LogP contribution < -0.4 is 5.32 Å². The Hall–Kier alpha value is -2.38. The van der Waals surface area contributed by atoms with Gasteiger partial charge in [0.25, 0.3) is 5.91 Å². The molecule has 0 atom stereocenters. The highest BCUT2D eigenvalue weighted by molar-refractivity contribution is 7.16. The standard InChI is InChI=1S/C18H18ClNO5S/c1-3-13-9-14(18(23)24-4-2)16(26-13)20-15(21)10-25-17(22)11-6-5-7-12(19)8-11/h5-9H,3-4,10H2,1-2H3,(H,20,21). The van der Waals surface area contributed by atoms with E-state index in [9.17, 15) is 14.4 Å². The molecule has 0 bridgehead atoms. The molecule has 6 nitrogen and oxygen atoms in total. The van der Waals surface area contributed by atoms with Gasteiger partial charge in [0.2, 0.25) is 0 Å². The van der Waals surface area contributed by atoms with E-state index in [0.717, 1.165) is 11.3 Å². The molecule has 138 valence electrons. The van der Waals surface area contributed by atoms with Gasteiger partial charge in [0, 0.05) is 9.90 Å². The van der Waals surface area contributed by atoms with Crippen LogP contribution in [0.2, 0.25) is 5.02 Å². The van der Waals surface area contributed by atoms with Crippen molar-refractivity contribution in [2.45, 2.75) is 20.3 Å². The highest BCUT2D eigenvalue weighted by atomic mass is 35.5. The Bertz CT molecular complexity index is 818. The highest BCUT2D eigenvalue weighted by Crippen LogP contribution is 2.29. The van der Waals surface area contributed by atoms with Crippen molar-refractivity contribution < 1.29 is 23.9 Å². The van der Waals surface area contributed by atoms with Crippen LogP contribution in [0.15, 0.2) is 30.3 Å². The third-order valence-electron chi connectivity index (χ3n) is 3.27. The fourth-order valence-electron chi connectivity index (χ4n) is 2.06. The Morgan fingerprint density at radius 3 is 2.54 bits per heavy atom. The van der Waals surface area contributed by atoms with Gasteiger partial charge in [0.05, 0.1) is 17.7 Å². The van der Waals surface area contributed by atoms with Crippen molar-refractivity contribution >= 4 is 45.8 Å². The molecule has 1 aromatic heterocycles. The van der Waals surface area contributed by atoms with Crippen molar-refractivity contribution in [1.82, 2.24) is 0 Å². The minimum Gasteiger partial charge on any atom is -0.462 e. The Morgan fingerprint density at radius 1 is 1.12 bits per heavy atom. The topological polar surface area (TPSA) is 81.7 Å². The van der Waals surface area contributed by atoms with E-state index in [1.165, 1.54) is 23.5 Å². The van der Waals surface area contributed by atoms with Crippen molar-refractivity contribution in [3.63, 3.8) is 0 Å². The molecule has 1 amide bonds. The lowest BCUT2D eigenvalue weighted by Crippen LogP contribution is -2.21. The van der Waals surface area contributed by atoms with Gasteiger partial charge in [0.15, 0.2) is 6.61 Å². The van der Waals surface area contributed by atoms with Crippen LogP contribution in [-0.2, 0) is 20.7 Å². The Kier molecular flexibility index (Phi) is 7.17. The summed E-state index contributed by atoms with van der Waals surface area (Å²) in [6.45, 7) is 3.41. The highest BCUT2D eigenvalue weighted by Gasteiger charge is 2.19. The fraction of sp³-hybridized carbons (Fsp3) is 0.278. The summed E-state index contributed by atoms with van der Waals surface area (Å²) in [7, 11) is 0. The minimum absolute atomic E-state index is 0.237. The van der Waals surface area contributed by atoms with Gasteiger partial charge in [-0.1, -0.05) is 24.6 Å². The molecule has 0 fully saturated rings. The van der Waals surface area contributed by atoms with Crippen molar-refractivity contribution in [2.24, 2.45) is 0 Å². The van der Waals surface area contributed by atoms with Crippen LogP contribution in [0.3, 0.4) is 0 Å². The second kappa shape index (κ2) is 9.35. The molecule has 26 heavy (non-hydrogen) atoms. The van der Waals surface area contributed by atoms with Crippen LogP contribution in [0, 0.1) is 0 Å². The maximum Gasteiger partial charge on any atom is 0.341 e. The van der Waals surface area contributed by atoms with Gasteiger partial charge in [-0.05, 0) is 37.6 Å². The van der Waals surface area contributed by atoms with Gasteiger partial charge in [-0.2, -0.15) is 0 Å². The first kappa shape index (κ1) is 19.9. The molecule has 0 saturated heterocycles. The molecule has 0 aliphatic carbocycles. The van der Waals surface area contributed by atoms with Gasteiger partial charge >= 0.3 is 11.9 Å². The van der Waals surface area contributed by atoms with Crippen LogP contribution in [-0.4, -0.2) is 31.1 Å². The third kappa shape index (κ3) is 5.31. The lowest BCUT2D eigenvalue weighted by atomic mass is 10.2. The summed E-state index contributed by atoms with van der Waals surface area (Å²) < 4.78 is 9.97. The molecule has 0 radical (unpaired) electrons. The molecule has 1 heterocycles. The second-order valence-corrected chi connectivity index (χ2v) is 6.74. The molecule has 2 aromatic rings. The van der Waals surface area contributed by atoms with E-state index in [-0.39, 0.29) is 12.2 Å². The summed E-state index contributed by atoms with van der Waals surface area (Å²) in [4.78, 5) is 36.9. The number of aryl methyl sites for hydroxylation is 1. The van der Waals surface area contributed by atoms with Crippen molar-refractivity contribution in [3.05, 3.63) is 51.4 Å². The molecular weight excluding hydrogens is 378 g/mol. The Labute approximate surface area is 160 Å². The number of benzene rings is 1. The van der Waals surface area contributed by atoms with Crippen molar-refractivity contribution in [2.75, 3.05) is 18.5 Å². The number of carbonyl (C=O) groups is 3. The SMILES string of the molecule is CCOC(=O)c1cc(CC)sc1NC(=O)COC(=O)c1cccc(Cl)c1. The number of thiophene rings is 1. The number of rotatable bonds is 7. The molecule has 2 rings (SSSR count). The van der Waals surface area contributed by atoms with E-state index in [2.05, 4.69) is 5.32 Å². The maximum atomic E-state index is 12.1. The zero-order valence-electron chi connectivity index (χ0n) is 14.3. The van der Waals surface area contributed by atoms with E-state index in [1.54, 1.807) is 25.1 Å². The van der Waals surface area contributed by atoms with E-state index in [1.807, 2.05) is 6.92 Å². The predicted octanol–water partition coefficient (Wildman–Crippen LogP) is 3.94. The van der Waals surface area contributed by atoms with E-state index in [4.69, 9.17) is 21.1 Å². The smallest absolute Gasteiger partial charge is 0.341 e. The van der Waals surface area contributed by atoms with E-state index >= 15 is 0 Å². The Morgan fingerprint density at radius 2 is 1.88 bits per heavy atom. The first-order chi connectivity index (χ1) is 12.4. The van der Waals surface area contributed by atoms with Crippen molar-refractivity contribution in [1.29, 1.82) is 0 Å². The summed E-state index contributed by atoms with van der Waals surface area (Å²) in [5, 5.41) is 3.37. The summed E-state index contributed by atoms with van der Waals surface area (Å²) in [6, 6.07) is 7.92. The number of anilines is 1. The molecule has 1 aromatic carbocycles.